The second-order valence-corrected chi connectivity index (χ2v) is 5.05. The number of nitrogens with one attached hydrogen (secondary N) is 1. The summed E-state index contributed by atoms with van der Waals surface area (Å²) in [6.45, 7) is 5.54. The van der Waals surface area contributed by atoms with Crippen molar-refractivity contribution in [1.29, 1.82) is 0 Å². The van der Waals surface area contributed by atoms with Gasteiger partial charge in [0.15, 0.2) is 5.82 Å². The van der Waals surface area contributed by atoms with Crippen LogP contribution in [-0.4, -0.2) is 53.1 Å². The summed E-state index contributed by atoms with van der Waals surface area (Å²) < 4.78 is 5.61. The number of aromatic nitrogens is 2. The maximum atomic E-state index is 11.4. The van der Waals surface area contributed by atoms with Crippen molar-refractivity contribution in [2.45, 2.75) is 20.0 Å². The van der Waals surface area contributed by atoms with Gasteiger partial charge in [0.1, 0.15) is 5.02 Å². The number of aryl methyl sites for hydroxylation is 1. The first-order valence-electron chi connectivity index (χ1n) is 6.38. The molecule has 1 aliphatic heterocycles. The molecule has 110 valence electrons. The molecule has 1 aliphatic rings. The molecular formula is C12H18ClN5O2. The number of hydrogen-bond donors (Lipinski definition) is 2. The van der Waals surface area contributed by atoms with Crippen LogP contribution < -0.4 is 11.1 Å². The number of anilines is 2. The third kappa shape index (κ3) is 3.49. The molecule has 0 aliphatic carbocycles. The minimum absolute atomic E-state index is 0.0541. The van der Waals surface area contributed by atoms with E-state index in [1.807, 2.05) is 0 Å². The number of morpholine rings is 1. The van der Waals surface area contributed by atoms with Gasteiger partial charge in [0.05, 0.1) is 18.4 Å². The van der Waals surface area contributed by atoms with Gasteiger partial charge in [-0.15, -0.1) is 0 Å². The van der Waals surface area contributed by atoms with Crippen LogP contribution in [0.25, 0.3) is 0 Å². The fraction of sp³-hybridized carbons (Fsp3) is 0.583. The summed E-state index contributed by atoms with van der Waals surface area (Å²) in [4.78, 5) is 21.1. The van der Waals surface area contributed by atoms with Crippen LogP contribution in [0.15, 0.2) is 0 Å². The van der Waals surface area contributed by atoms with E-state index in [1.165, 1.54) is 0 Å². The highest BCUT2D eigenvalue weighted by atomic mass is 35.5. The maximum Gasteiger partial charge on any atom is 0.222 e. The zero-order valence-corrected chi connectivity index (χ0v) is 12.3. The van der Waals surface area contributed by atoms with Crippen molar-refractivity contribution in [2.75, 3.05) is 37.3 Å². The van der Waals surface area contributed by atoms with Crippen LogP contribution in [0, 0.1) is 6.92 Å². The van der Waals surface area contributed by atoms with E-state index in [-0.39, 0.29) is 18.0 Å². The van der Waals surface area contributed by atoms with Crippen LogP contribution in [-0.2, 0) is 9.53 Å². The van der Waals surface area contributed by atoms with Crippen molar-refractivity contribution in [1.82, 2.24) is 14.9 Å². The van der Waals surface area contributed by atoms with Crippen molar-refractivity contribution in [3.8, 4) is 0 Å². The van der Waals surface area contributed by atoms with E-state index in [9.17, 15) is 4.79 Å². The minimum Gasteiger partial charge on any atom is -0.373 e. The SMILES string of the molecule is CC(=O)N1CCO[C@@H](CNc2nc(N)nc(C)c2Cl)C1. The van der Waals surface area contributed by atoms with Gasteiger partial charge in [-0.1, -0.05) is 11.6 Å². The van der Waals surface area contributed by atoms with Crippen LogP contribution in [0.1, 0.15) is 12.6 Å². The number of nitrogens with two attached hydrogens (primary N) is 1. The quantitative estimate of drug-likeness (QED) is 0.852. The molecule has 20 heavy (non-hydrogen) atoms. The fourth-order valence-electron chi connectivity index (χ4n) is 2.04. The lowest BCUT2D eigenvalue weighted by Crippen LogP contribution is -2.47. The number of hydrogen-bond acceptors (Lipinski definition) is 6. The highest BCUT2D eigenvalue weighted by molar-refractivity contribution is 6.33. The topological polar surface area (TPSA) is 93.4 Å². The summed E-state index contributed by atoms with van der Waals surface area (Å²) in [7, 11) is 0. The van der Waals surface area contributed by atoms with E-state index < -0.39 is 0 Å². The van der Waals surface area contributed by atoms with Crippen LogP contribution in [0.2, 0.25) is 5.02 Å². The zero-order valence-electron chi connectivity index (χ0n) is 11.5. The summed E-state index contributed by atoms with van der Waals surface area (Å²) in [6, 6.07) is 0. The number of amides is 1. The number of carbonyl (C=O) groups is 1. The van der Waals surface area contributed by atoms with Crippen molar-refractivity contribution in [3.63, 3.8) is 0 Å². The molecule has 1 fully saturated rings. The molecule has 0 bridgehead atoms. The summed E-state index contributed by atoms with van der Waals surface area (Å²) in [5.74, 6) is 0.711. The summed E-state index contributed by atoms with van der Waals surface area (Å²) in [6.07, 6.45) is -0.0970. The molecule has 7 nitrogen and oxygen atoms in total. The monoisotopic (exact) mass is 299 g/mol. The Bertz CT molecular complexity index is 511. The van der Waals surface area contributed by atoms with Gasteiger partial charge in [-0.2, -0.15) is 4.98 Å². The smallest absolute Gasteiger partial charge is 0.222 e. The number of halogens is 1. The number of nitrogen functional groups attached to an aromatic ring is 1. The average molecular weight is 300 g/mol. The molecule has 1 amide bonds. The lowest BCUT2D eigenvalue weighted by atomic mass is 10.2. The van der Waals surface area contributed by atoms with Crippen molar-refractivity contribution < 1.29 is 9.53 Å². The first-order valence-corrected chi connectivity index (χ1v) is 6.75. The number of rotatable bonds is 3. The molecule has 1 aromatic heterocycles. The first-order chi connectivity index (χ1) is 9.47. The number of carbonyl (C=O) groups excluding carboxylic acids is 1. The third-order valence-corrected chi connectivity index (χ3v) is 3.57. The molecule has 1 aromatic rings. The molecule has 0 spiro atoms. The maximum absolute atomic E-state index is 11.4. The van der Waals surface area contributed by atoms with E-state index in [2.05, 4.69) is 15.3 Å². The van der Waals surface area contributed by atoms with Crippen molar-refractivity contribution in [3.05, 3.63) is 10.7 Å². The Hall–Kier alpha value is -1.60. The summed E-state index contributed by atoms with van der Waals surface area (Å²) >= 11 is 6.11. The Morgan fingerprint density at radius 1 is 1.60 bits per heavy atom. The fourth-order valence-corrected chi connectivity index (χ4v) is 2.19. The highest BCUT2D eigenvalue weighted by Crippen LogP contribution is 2.23. The largest absolute Gasteiger partial charge is 0.373 e. The molecule has 1 atom stereocenters. The Kier molecular flexibility index (Phi) is 4.61. The second-order valence-electron chi connectivity index (χ2n) is 4.67. The molecule has 3 N–H and O–H groups in total. The predicted octanol–water partition coefficient (Wildman–Crippen LogP) is 0.680. The van der Waals surface area contributed by atoms with Crippen molar-refractivity contribution in [2.24, 2.45) is 0 Å². The molecule has 0 aromatic carbocycles. The second kappa shape index (κ2) is 6.23. The Balaban J connectivity index is 1.97. The van der Waals surface area contributed by atoms with Crippen molar-refractivity contribution >= 4 is 29.3 Å². The standard InChI is InChI=1S/C12H18ClN5O2/c1-7-10(13)11(17-12(14)16-7)15-5-9-6-18(8(2)19)3-4-20-9/h9H,3-6H2,1-2H3,(H3,14,15,16,17)/t9-/m0/s1. The molecule has 1 saturated heterocycles. The lowest BCUT2D eigenvalue weighted by Gasteiger charge is -2.32. The van der Waals surface area contributed by atoms with Gasteiger partial charge in [-0.3, -0.25) is 4.79 Å². The molecule has 2 heterocycles. The van der Waals surface area contributed by atoms with Gasteiger partial charge < -0.3 is 20.7 Å². The van der Waals surface area contributed by atoms with Gasteiger partial charge in [0.2, 0.25) is 11.9 Å². The summed E-state index contributed by atoms with van der Waals surface area (Å²) in [5.41, 5.74) is 6.22. The van der Waals surface area contributed by atoms with E-state index in [1.54, 1.807) is 18.7 Å². The molecule has 0 radical (unpaired) electrons. The predicted molar refractivity (Wildman–Crippen MR) is 76.7 cm³/mol. The number of nitrogens with zero attached hydrogens (tertiary/aromatic N) is 3. The highest BCUT2D eigenvalue weighted by Gasteiger charge is 2.22. The van der Waals surface area contributed by atoms with Crippen LogP contribution in [0.4, 0.5) is 11.8 Å². The van der Waals surface area contributed by atoms with Gasteiger partial charge in [0.25, 0.3) is 0 Å². The molecule has 2 rings (SSSR count). The van der Waals surface area contributed by atoms with E-state index >= 15 is 0 Å². The van der Waals surface area contributed by atoms with Crippen LogP contribution in [0.3, 0.4) is 0 Å². The van der Waals surface area contributed by atoms with Gasteiger partial charge in [-0.05, 0) is 6.92 Å². The van der Waals surface area contributed by atoms with E-state index in [0.717, 1.165) is 0 Å². The normalized spacial score (nSPS) is 18.9. The average Bonchev–Trinajstić information content (AvgIpc) is 2.41. The summed E-state index contributed by atoms with van der Waals surface area (Å²) in [5, 5.41) is 3.54. The van der Waals surface area contributed by atoms with E-state index in [4.69, 9.17) is 22.1 Å². The molecule has 8 heteroatoms. The molecule has 0 saturated carbocycles. The van der Waals surface area contributed by atoms with Crippen LogP contribution >= 0.6 is 11.6 Å². The zero-order chi connectivity index (χ0) is 14.7. The first kappa shape index (κ1) is 14.8. The third-order valence-electron chi connectivity index (χ3n) is 3.12. The Morgan fingerprint density at radius 2 is 2.35 bits per heavy atom. The van der Waals surface area contributed by atoms with E-state index in [0.29, 0.717) is 42.8 Å². The molecule has 0 unspecified atom stereocenters. The lowest BCUT2D eigenvalue weighted by molar-refractivity contribution is -0.135. The van der Waals surface area contributed by atoms with Crippen LogP contribution in [0.5, 0.6) is 0 Å². The Morgan fingerprint density at radius 3 is 3.05 bits per heavy atom. The van der Waals surface area contributed by atoms with Gasteiger partial charge >= 0.3 is 0 Å². The minimum atomic E-state index is -0.0970. The molecular weight excluding hydrogens is 282 g/mol. The van der Waals surface area contributed by atoms with Gasteiger partial charge in [0, 0.05) is 26.6 Å². The number of ether oxygens (including phenoxy) is 1. The Labute approximate surface area is 122 Å². The van der Waals surface area contributed by atoms with Gasteiger partial charge in [-0.25, -0.2) is 4.98 Å².